The van der Waals surface area contributed by atoms with E-state index in [0.717, 1.165) is 16.8 Å². The van der Waals surface area contributed by atoms with Crippen molar-refractivity contribution in [2.45, 2.75) is 45.4 Å². The van der Waals surface area contributed by atoms with Gasteiger partial charge in [0.05, 0.1) is 10.8 Å². The number of hydrogen-bond donors (Lipinski definition) is 1. The molecule has 1 aliphatic rings. The van der Waals surface area contributed by atoms with Crippen molar-refractivity contribution in [1.29, 1.82) is 0 Å². The van der Waals surface area contributed by atoms with Crippen molar-refractivity contribution < 1.29 is 17.7 Å². The summed E-state index contributed by atoms with van der Waals surface area (Å²) in [4.78, 5) is 17.3. The zero-order chi connectivity index (χ0) is 23.8. The maximum Gasteiger partial charge on any atom is 0.243 e. The number of aryl methyl sites for hydroxylation is 4. The molecule has 2 aromatic carbocycles. The second kappa shape index (κ2) is 9.07. The highest BCUT2D eigenvalue weighted by Gasteiger charge is 2.34. The van der Waals surface area contributed by atoms with E-state index >= 15 is 0 Å². The summed E-state index contributed by atoms with van der Waals surface area (Å²) in [5.41, 5.74) is 4.16. The highest BCUT2D eigenvalue weighted by Crippen LogP contribution is 2.29. The van der Waals surface area contributed by atoms with Crippen LogP contribution in [-0.4, -0.2) is 41.9 Å². The smallest absolute Gasteiger partial charge is 0.243 e. The van der Waals surface area contributed by atoms with Crippen molar-refractivity contribution in [3.63, 3.8) is 0 Å². The number of aromatic nitrogens is 2. The fourth-order valence-corrected chi connectivity index (χ4v) is 5.79. The minimum absolute atomic E-state index is 0.143. The lowest BCUT2D eigenvalue weighted by molar-refractivity contribution is -0.120. The molecule has 1 aromatic heterocycles. The molecule has 3 aromatic rings. The Morgan fingerprint density at radius 2 is 1.82 bits per heavy atom. The third-order valence-electron chi connectivity index (χ3n) is 6.12. The van der Waals surface area contributed by atoms with E-state index in [0.29, 0.717) is 42.2 Å². The minimum atomic E-state index is -3.80. The molecule has 1 amide bonds. The minimum Gasteiger partial charge on any atom is -0.339 e. The van der Waals surface area contributed by atoms with Gasteiger partial charge in [-0.05, 0) is 68.5 Å². The van der Waals surface area contributed by atoms with Crippen LogP contribution < -0.4 is 5.32 Å². The van der Waals surface area contributed by atoms with Gasteiger partial charge in [0.15, 0.2) is 0 Å². The summed E-state index contributed by atoms with van der Waals surface area (Å²) >= 11 is 0. The van der Waals surface area contributed by atoms with Gasteiger partial charge in [0.2, 0.25) is 27.6 Å². The first kappa shape index (κ1) is 23.1. The average Bonchev–Trinajstić information content (AvgIpc) is 3.23. The molecule has 0 saturated carbocycles. The topological polar surface area (TPSA) is 105 Å². The second-order valence-corrected chi connectivity index (χ2v) is 10.5. The predicted octanol–water partition coefficient (Wildman–Crippen LogP) is 4.01. The molecule has 0 bridgehead atoms. The molecule has 1 fully saturated rings. The van der Waals surface area contributed by atoms with Crippen LogP contribution in [-0.2, 0) is 14.8 Å². The molecule has 9 heteroatoms. The molecule has 0 spiro atoms. The van der Waals surface area contributed by atoms with Gasteiger partial charge in [-0.25, -0.2) is 8.42 Å². The number of rotatable bonds is 5. The second-order valence-electron chi connectivity index (χ2n) is 8.61. The summed E-state index contributed by atoms with van der Waals surface area (Å²) in [5.74, 6) is 0.168. The van der Waals surface area contributed by atoms with E-state index in [-0.39, 0.29) is 17.3 Å². The van der Waals surface area contributed by atoms with Crippen LogP contribution in [0, 0.1) is 33.6 Å². The maximum absolute atomic E-state index is 13.5. The summed E-state index contributed by atoms with van der Waals surface area (Å²) in [6.45, 7) is 7.96. The number of carbonyl (C=O) groups is 1. The number of benzene rings is 2. The molecule has 0 aliphatic carbocycles. The first-order valence-corrected chi connectivity index (χ1v) is 12.4. The molecule has 33 heavy (non-hydrogen) atoms. The molecule has 1 atom stereocenters. The molecule has 1 saturated heterocycles. The van der Waals surface area contributed by atoms with Gasteiger partial charge in [0.1, 0.15) is 0 Å². The monoisotopic (exact) mass is 468 g/mol. The van der Waals surface area contributed by atoms with Crippen LogP contribution in [0.2, 0.25) is 0 Å². The van der Waals surface area contributed by atoms with Gasteiger partial charge in [-0.1, -0.05) is 23.4 Å². The molecule has 0 radical (unpaired) electrons. The van der Waals surface area contributed by atoms with E-state index < -0.39 is 15.9 Å². The third kappa shape index (κ3) is 4.84. The van der Waals surface area contributed by atoms with Gasteiger partial charge >= 0.3 is 0 Å². The third-order valence-corrected chi connectivity index (χ3v) is 8.13. The van der Waals surface area contributed by atoms with Crippen LogP contribution in [0.1, 0.15) is 35.4 Å². The summed E-state index contributed by atoms with van der Waals surface area (Å²) in [7, 11) is -3.80. The maximum atomic E-state index is 13.5. The number of nitrogens with one attached hydrogen (secondary N) is 1. The van der Waals surface area contributed by atoms with Crippen LogP contribution in [0.5, 0.6) is 0 Å². The summed E-state index contributed by atoms with van der Waals surface area (Å²) in [6, 6.07) is 10.8. The van der Waals surface area contributed by atoms with Crippen LogP contribution in [0.25, 0.3) is 11.4 Å². The van der Waals surface area contributed by atoms with E-state index in [1.54, 1.807) is 32.0 Å². The van der Waals surface area contributed by atoms with Gasteiger partial charge in [-0.2, -0.15) is 9.29 Å². The van der Waals surface area contributed by atoms with Crippen molar-refractivity contribution >= 4 is 21.6 Å². The molecule has 0 unspecified atom stereocenters. The lowest BCUT2D eigenvalue weighted by Crippen LogP contribution is -2.43. The van der Waals surface area contributed by atoms with Gasteiger partial charge in [0, 0.05) is 31.3 Å². The Morgan fingerprint density at radius 1 is 1.06 bits per heavy atom. The van der Waals surface area contributed by atoms with E-state index in [1.165, 1.54) is 4.31 Å². The predicted molar refractivity (Wildman–Crippen MR) is 125 cm³/mol. The van der Waals surface area contributed by atoms with Gasteiger partial charge < -0.3 is 9.84 Å². The Labute approximate surface area is 194 Å². The SMILES string of the molecule is Cc1nc(-c2ccc(C)c(S(=O)(=O)N3CCC[C@@H](C(=O)Nc4ccc(C)c(C)c4)C3)c2)no1. The molecule has 2 heterocycles. The highest BCUT2D eigenvalue weighted by molar-refractivity contribution is 7.89. The van der Waals surface area contributed by atoms with Gasteiger partial charge in [-0.3, -0.25) is 4.79 Å². The Bertz CT molecular complexity index is 1300. The number of nitrogens with zero attached hydrogens (tertiary/aromatic N) is 3. The first-order chi connectivity index (χ1) is 15.6. The van der Waals surface area contributed by atoms with Gasteiger partial charge in [-0.15, -0.1) is 0 Å². The largest absolute Gasteiger partial charge is 0.339 e. The zero-order valence-corrected chi connectivity index (χ0v) is 20.1. The van der Waals surface area contributed by atoms with E-state index in [1.807, 2.05) is 32.0 Å². The molecule has 4 rings (SSSR count). The Morgan fingerprint density at radius 3 is 2.52 bits per heavy atom. The standard InChI is InChI=1S/C24H28N4O4S/c1-15-8-10-21(12-17(15)3)26-24(29)20-6-5-11-28(14-20)33(30,31)22-13-19(9-7-16(22)2)23-25-18(4)32-27-23/h7-10,12-13,20H,5-6,11,14H2,1-4H3,(H,26,29)/t20-/m1/s1. The van der Waals surface area contributed by atoms with Crippen LogP contribution in [0.4, 0.5) is 5.69 Å². The number of hydrogen-bond acceptors (Lipinski definition) is 6. The van der Waals surface area contributed by atoms with Crippen LogP contribution >= 0.6 is 0 Å². The fraction of sp³-hybridized carbons (Fsp3) is 0.375. The summed E-state index contributed by atoms with van der Waals surface area (Å²) < 4.78 is 33.5. The number of sulfonamides is 1. The van der Waals surface area contributed by atoms with Gasteiger partial charge in [0.25, 0.3) is 0 Å². The van der Waals surface area contributed by atoms with E-state index in [4.69, 9.17) is 4.52 Å². The normalized spacial score (nSPS) is 17.2. The van der Waals surface area contributed by atoms with E-state index in [9.17, 15) is 13.2 Å². The van der Waals surface area contributed by atoms with E-state index in [2.05, 4.69) is 15.5 Å². The number of carbonyl (C=O) groups excluding carboxylic acids is 1. The average molecular weight is 469 g/mol. The van der Waals surface area contributed by atoms with Crippen LogP contribution in [0.3, 0.4) is 0 Å². The molecular formula is C24H28N4O4S. The van der Waals surface area contributed by atoms with Crippen molar-refractivity contribution in [3.05, 3.63) is 59.0 Å². The molecule has 8 nitrogen and oxygen atoms in total. The van der Waals surface area contributed by atoms with Crippen molar-refractivity contribution in [1.82, 2.24) is 14.4 Å². The van der Waals surface area contributed by atoms with Crippen molar-refractivity contribution in [2.24, 2.45) is 5.92 Å². The zero-order valence-electron chi connectivity index (χ0n) is 19.3. The number of anilines is 1. The Hall–Kier alpha value is -3.04. The first-order valence-electron chi connectivity index (χ1n) is 10.9. The fourth-order valence-electron chi connectivity index (χ4n) is 4.01. The number of amides is 1. The summed E-state index contributed by atoms with van der Waals surface area (Å²) in [5, 5.41) is 6.84. The lowest BCUT2D eigenvalue weighted by atomic mass is 9.98. The van der Waals surface area contributed by atoms with Crippen molar-refractivity contribution in [3.8, 4) is 11.4 Å². The summed E-state index contributed by atoms with van der Waals surface area (Å²) in [6.07, 6.45) is 1.26. The van der Waals surface area contributed by atoms with Crippen LogP contribution in [0.15, 0.2) is 45.8 Å². The number of piperidine rings is 1. The molecular weight excluding hydrogens is 440 g/mol. The Balaban J connectivity index is 1.54. The molecule has 174 valence electrons. The quantitative estimate of drug-likeness (QED) is 0.607. The van der Waals surface area contributed by atoms with Crippen molar-refractivity contribution in [2.75, 3.05) is 18.4 Å². The molecule has 1 N–H and O–H groups in total. The highest BCUT2D eigenvalue weighted by atomic mass is 32.2. The Kier molecular flexibility index (Phi) is 6.36. The lowest BCUT2D eigenvalue weighted by Gasteiger charge is -2.31. The molecule has 1 aliphatic heterocycles.